The molecule has 1 rings (SSSR count). The Morgan fingerprint density at radius 1 is 1.40 bits per heavy atom. The number of anilines is 1. The Balaban J connectivity index is 3.22. The van der Waals surface area contributed by atoms with Crippen molar-refractivity contribution in [3.63, 3.8) is 0 Å². The second-order valence-electron chi connectivity index (χ2n) is 1.93. The van der Waals surface area contributed by atoms with Crippen molar-refractivity contribution in [3.05, 3.63) is 23.8 Å². The van der Waals surface area contributed by atoms with Gasteiger partial charge in [-0.1, -0.05) is 0 Å². The highest BCUT2D eigenvalue weighted by Gasteiger charge is 1.92. The van der Waals surface area contributed by atoms with Crippen LogP contribution in [0, 0.1) is 11.3 Å². The van der Waals surface area contributed by atoms with Crippen LogP contribution in [0.15, 0.2) is 23.1 Å². The van der Waals surface area contributed by atoms with E-state index in [-0.39, 0.29) is 0 Å². The van der Waals surface area contributed by atoms with Crippen LogP contribution in [0.4, 0.5) is 5.69 Å². The van der Waals surface area contributed by atoms with Gasteiger partial charge in [-0.3, -0.25) is 0 Å². The SMILES string of the molecule is N#Cc1cc(N)cc(S)c1. The Morgan fingerprint density at radius 2 is 2.10 bits per heavy atom. The Kier molecular flexibility index (Phi) is 1.83. The van der Waals surface area contributed by atoms with E-state index in [1.165, 1.54) is 0 Å². The Bertz CT molecular complexity index is 268. The first-order chi connectivity index (χ1) is 4.72. The molecule has 0 atom stereocenters. The molecule has 0 aliphatic rings. The fourth-order valence-electron chi connectivity index (χ4n) is 0.699. The number of hydrogen-bond acceptors (Lipinski definition) is 3. The van der Waals surface area contributed by atoms with Crippen molar-refractivity contribution < 1.29 is 0 Å². The van der Waals surface area contributed by atoms with Crippen LogP contribution < -0.4 is 5.73 Å². The zero-order valence-corrected chi connectivity index (χ0v) is 6.10. The number of benzene rings is 1. The number of nitrogen functional groups attached to an aromatic ring is 1. The third kappa shape index (κ3) is 1.42. The summed E-state index contributed by atoms with van der Waals surface area (Å²) >= 11 is 4.05. The molecule has 0 saturated carbocycles. The van der Waals surface area contributed by atoms with E-state index in [9.17, 15) is 0 Å². The van der Waals surface area contributed by atoms with Gasteiger partial charge in [0, 0.05) is 10.6 Å². The molecule has 0 aromatic heterocycles. The summed E-state index contributed by atoms with van der Waals surface area (Å²) in [4.78, 5) is 0.719. The van der Waals surface area contributed by atoms with Crippen molar-refractivity contribution >= 4 is 18.3 Å². The summed E-state index contributed by atoms with van der Waals surface area (Å²) in [5, 5.41) is 8.45. The van der Waals surface area contributed by atoms with Crippen LogP contribution >= 0.6 is 12.6 Å². The molecule has 0 unspecified atom stereocenters. The molecular weight excluding hydrogens is 144 g/mol. The monoisotopic (exact) mass is 150 g/mol. The quantitative estimate of drug-likeness (QED) is 0.434. The minimum atomic E-state index is 0.546. The maximum atomic E-state index is 8.45. The van der Waals surface area contributed by atoms with Gasteiger partial charge in [-0.25, -0.2) is 0 Å². The first kappa shape index (κ1) is 6.97. The summed E-state index contributed by atoms with van der Waals surface area (Å²) in [5.74, 6) is 0. The van der Waals surface area contributed by atoms with Crippen molar-refractivity contribution in [1.29, 1.82) is 5.26 Å². The Labute approximate surface area is 64.7 Å². The van der Waals surface area contributed by atoms with Gasteiger partial charge in [0.05, 0.1) is 11.6 Å². The molecule has 2 N–H and O–H groups in total. The second-order valence-corrected chi connectivity index (χ2v) is 2.44. The standard InChI is InChI=1S/C7H6N2S/c8-4-5-1-6(9)3-7(10)2-5/h1-3,10H,9H2. The summed E-state index contributed by atoms with van der Waals surface area (Å²) in [7, 11) is 0. The molecule has 50 valence electrons. The summed E-state index contributed by atoms with van der Waals surface area (Å²) in [6, 6.07) is 6.96. The molecular formula is C7H6N2S. The van der Waals surface area contributed by atoms with E-state index in [0.29, 0.717) is 11.3 Å². The fraction of sp³-hybridized carbons (Fsp3) is 0. The summed E-state index contributed by atoms with van der Waals surface area (Å²) in [6.07, 6.45) is 0. The van der Waals surface area contributed by atoms with Gasteiger partial charge in [-0.05, 0) is 18.2 Å². The predicted octanol–water partition coefficient (Wildman–Crippen LogP) is 1.43. The molecule has 3 heteroatoms. The van der Waals surface area contributed by atoms with E-state index in [1.807, 2.05) is 6.07 Å². The lowest BCUT2D eigenvalue weighted by Crippen LogP contribution is -1.85. The first-order valence-electron chi connectivity index (χ1n) is 2.72. The third-order valence-corrected chi connectivity index (χ3v) is 1.33. The zero-order chi connectivity index (χ0) is 7.56. The predicted molar refractivity (Wildman–Crippen MR) is 42.8 cm³/mol. The van der Waals surface area contributed by atoms with E-state index in [0.717, 1.165) is 4.90 Å². The average molecular weight is 150 g/mol. The van der Waals surface area contributed by atoms with Crippen molar-refractivity contribution in [2.45, 2.75) is 4.90 Å². The molecule has 10 heavy (non-hydrogen) atoms. The van der Waals surface area contributed by atoms with E-state index in [4.69, 9.17) is 11.0 Å². The molecule has 0 saturated heterocycles. The number of nitriles is 1. The molecule has 0 amide bonds. The van der Waals surface area contributed by atoms with E-state index < -0.39 is 0 Å². The second kappa shape index (κ2) is 2.63. The largest absolute Gasteiger partial charge is 0.399 e. The average Bonchev–Trinajstić information content (AvgIpc) is 1.85. The van der Waals surface area contributed by atoms with Crippen LogP contribution in [-0.4, -0.2) is 0 Å². The molecule has 0 heterocycles. The summed E-state index contributed by atoms with van der Waals surface area (Å²) in [5.41, 5.74) is 6.55. The highest BCUT2D eigenvalue weighted by atomic mass is 32.1. The lowest BCUT2D eigenvalue weighted by atomic mass is 10.2. The molecule has 0 radical (unpaired) electrons. The van der Waals surface area contributed by atoms with Crippen molar-refractivity contribution in [2.75, 3.05) is 5.73 Å². The number of nitrogens with zero attached hydrogens (tertiary/aromatic N) is 1. The van der Waals surface area contributed by atoms with E-state index >= 15 is 0 Å². The normalized spacial score (nSPS) is 8.80. The first-order valence-corrected chi connectivity index (χ1v) is 3.17. The molecule has 1 aromatic rings. The number of rotatable bonds is 0. The highest BCUT2D eigenvalue weighted by molar-refractivity contribution is 7.80. The van der Waals surface area contributed by atoms with Gasteiger partial charge in [-0.15, -0.1) is 12.6 Å². The van der Waals surface area contributed by atoms with Gasteiger partial charge in [0.1, 0.15) is 0 Å². The summed E-state index contributed by atoms with van der Waals surface area (Å²) < 4.78 is 0. The highest BCUT2D eigenvalue weighted by Crippen LogP contribution is 2.13. The molecule has 0 bridgehead atoms. The van der Waals surface area contributed by atoms with Gasteiger partial charge in [0.25, 0.3) is 0 Å². The van der Waals surface area contributed by atoms with Gasteiger partial charge < -0.3 is 5.73 Å². The summed E-state index contributed by atoms with van der Waals surface area (Å²) in [6.45, 7) is 0. The van der Waals surface area contributed by atoms with Crippen molar-refractivity contribution in [1.82, 2.24) is 0 Å². The number of nitrogens with two attached hydrogens (primary N) is 1. The van der Waals surface area contributed by atoms with Crippen LogP contribution in [-0.2, 0) is 0 Å². The van der Waals surface area contributed by atoms with Crippen LogP contribution in [0.1, 0.15) is 5.56 Å². The Morgan fingerprint density at radius 3 is 2.60 bits per heavy atom. The van der Waals surface area contributed by atoms with Gasteiger partial charge >= 0.3 is 0 Å². The van der Waals surface area contributed by atoms with Crippen LogP contribution in [0.5, 0.6) is 0 Å². The fourth-order valence-corrected chi connectivity index (χ4v) is 0.987. The van der Waals surface area contributed by atoms with Crippen molar-refractivity contribution in [2.24, 2.45) is 0 Å². The maximum absolute atomic E-state index is 8.45. The minimum Gasteiger partial charge on any atom is -0.399 e. The lowest BCUT2D eigenvalue weighted by Gasteiger charge is -1.94. The molecule has 0 aliphatic heterocycles. The molecule has 0 aliphatic carbocycles. The zero-order valence-electron chi connectivity index (χ0n) is 5.20. The number of thiol groups is 1. The molecule has 2 nitrogen and oxygen atoms in total. The molecule has 0 spiro atoms. The molecule has 1 aromatic carbocycles. The minimum absolute atomic E-state index is 0.546. The molecule has 0 fully saturated rings. The van der Waals surface area contributed by atoms with Crippen LogP contribution in [0.3, 0.4) is 0 Å². The lowest BCUT2D eigenvalue weighted by molar-refractivity contribution is 1.41. The topological polar surface area (TPSA) is 49.8 Å². The van der Waals surface area contributed by atoms with Gasteiger partial charge in [0.15, 0.2) is 0 Å². The van der Waals surface area contributed by atoms with E-state index in [2.05, 4.69) is 12.6 Å². The van der Waals surface area contributed by atoms with Crippen molar-refractivity contribution in [3.8, 4) is 6.07 Å². The van der Waals surface area contributed by atoms with E-state index in [1.54, 1.807) is 18.2 Å². The number of hydrogen-bond donors (Lipinski definition) is 2. The Hall–Kier alpha value is -1.14. The van der Waals surface area contributed by atoms with Crippen LogP contribution in [0.2, 0.25) is 0 Å². The third-order valence-electron chi connectivity index (χ3n) is 1.07. The van der Waals surface area contributed by atoms with Gasteiger partial charge in [0.2, 0.25) is 0 Å². The van der Waals surface area contributed by atoms with Gasteiger partial charge in [-0.2, -0.15) is 5.26 Å². The maximum Gasteiger partial charge on any atom is 0.0992 e. The smallest absolute Gasteiger partial charge is 0.0992 e. The van der Waals surface area contributed by atoms with Crippen LogP contribution in [0.25, 0.3) is 0 Å².